The Morgan fingerprint density at radius 2 is 1.19 bits per heavy atom. The van der Waals surface area contributed by atoms with Gasteiger partial charge in [0.15, 0.2) is 18.9 Å². The number of rotatable bonds is 10. The highest BCUT2D eigenvalue weighted by molar-refractivity contribution is 5.79. The summed E-state index contributed by atoms with van der Waals surface area (Å²) < 4.78 is 48.6. The van der Waals surface area contributed by atoms with Gasteiger partial charge in [-0.25, -0.2) is 0 Å². The smallest absolute Gasteiger partial charge is 0.315 e. The van der Waals surface area contributed by atoms with Gasteiger partial charge in [-0.05, 0) is 109 Å². The first-order chi connectivity index (χ1) is 34.3. The summed E-state index contributed by atoms with van der Waals surface area (Å²) in [6.45, 7) is 14.0. The van der Waals surface area contributed by atoms with E-state index in [9.17, 15) is 66.1 Å². The summed E-state index contributed by atoms with van der Waals surface area (Å²) in [6, 6.07) is 0. The van der Waals surface area contributed by atoms with Gasteiger partial charge in [-0.15, -0.1) is 0 Å². The summed E-state index contributed by atoms with van der Waals surface area (Å²) in [4.78, 5) is 14.8. The summed E-state index contributed by atoms with van der Waals surface area (Å²) in [6.07, 6.45) is -19.6. The second kappa shape index (κ2) is 20.6. The van der Waals surface area contributed by atoms with Crippen LogP contribution in [-0.2, 0) is 42.7 Å². The second-order valence-corrected chi connectivity index (χ2v) is 24.8. The molecule has 21 nitrogen and oxygen atoms in total. The molecule has 0 bridgehead atoms. The number of hydrogen-bond acceptors (Lipinski definition) is 21. The average Bonchev–Trinajstić information content (AvgIpc) is 3.35. The summed E-state index contributed by atoms with van der Waals surface area (Å²) in [5, 5.41) is 127. The van der Waals surface area contributed by atoms with Crippen LogP contribution in [0.1, 0.15) is 106 Å². The third-order valence-corrected chi connectivity index (χ3v) is 21.0. The van der Waals surface area contributed by atoms with Gasteiger partial charge < -0.3 is 99.2 Å². The van der Waals surface area contributed by atoms with Gasteiger partial charge in [-0.2, -0.15) is 0 Å². The zero-order valence-electron chi connectivity index (χ0n) is 43.2. The highest BCUT2D eigenvalue weighted by Gasteiger charge is 2.70. The Morgan fingerprint density at radius 1 is 0.603 bits per heavy atom. The van der Waals surface area contributed by atoms with Crippen LogP contribution in [0.15, 0.2) is 11.6 Å². The van der Waals surface area contributed by atoms with Gasteiger partial charge >= 0.3 is 5.97 Å². The largest absolute Gasteiger partial charge is 0.432 e. The van der Waals surface area contributed by atoms with Crippen molar-refractivity contribution in [3.8, 4) is 0 Å². The van der Waals surface area contributed by atoms with Crippen LogP contribution in [0.3, 0.4) is 0 Å². The van der Waals surface area contributed by atoms with Crippen molar-refractivity contribution in [1.29, 1.82) is 0 Å². The van der Waals surface area contributed by atoms with Gasteiger partial charge in [-0.1, -0.05) is 60.1 Å². The fourth-order valence-corrected chi connectivity index (χ4v) is 16.2. The van der Waals surface area contributed by atoms with Crippen molar-refractivity contribution < 1.29 is 104 Å². The van der Waals surface area contributed by atoms with Crippen LogP contribution in [0.2, 0.25) is 0 Å². The van der Waals surface area contributed by atoms with E-state index in [1.165, 1.54) is 5.57 Å². The molecule has 28 unspecified atom stereocenters. The molecule has 418 valence electrons. The van der Waals surface area contributed by atoms with E-state index in [1.54, 1.807) is 0 Å². The number of hydrogen-bond donors (Lipinski definition) is 12. The molecule has 21 heteroatoms. The van der Waals surface area contributed by atoms with Crippen molar-refractivity contribution in [1.82, 2.24) is 0 Å². The molecule has 4 aliphatic heterocycles. The lowest BCUT2D eigenvalue weighted by molar-refractivity contribution is -0.384. The van der Waals surface area contributed by atoms with E-state index in [4.69, 9.17) is 37.9 Å². The SMILES string of the molecule is CC1CCC2(C(=O)OC3OC(CO)C(O)C(O)C3O)CCC3(C)C(=CCC4C5(C)CCC(OC6OCC(O)C(OC7OC(CO)C(O)C(O)C7O)C6OC6OCC(O)C(O)C6O)C(C)(C)C5CCC43C)C2C1C. The lowest BCUT2D eigenvalue weighted by atomic mass is 9.33. The van der Waals surface area contributed by atoms with Crippen LogP contribution >= 0.6 is 0 Å². The standard InChI is InChI=1S/C52H84O21/c1-22-10-15-52(47(65)73-45-40(64)37(61)35(59)28(19-54)69-45)17-16-50(6)24(32(52)23(22)2)8-9-30-49(5)13-12-31(48(3,4)29(49)11-14-51(30,50)7)70-46-42(72-43-38(62)33(57)25(55)20-66-43)41(26(56)21-67-46)71-44-39(63)36(60)34(58)27(18-53)68-44/h8,22-23,25-46,53-64H,9-21H2,1-7H3. The van der Waals surface area contributed by atoms with Crippen LogP contribution in [0.4, 0.5) is 0 Å². The van der Waals surface area contributed by atoms with E-state index in [0.717, 1.165) is 38.5 Å². The Balaban J connectivity index is 0.971. The van der Waals surface area contributed by atoms with Crippen LogP contribution < -0.4 is 0 Å². The van der Waals surface area contributed by atoms with Crippen LogP contribution in [0.25, 0.3) is 0 Å². The van der Waals surface area contributed by atoms with E-state index in [1.807, 2.05) is 0 Å². The highest BCUT2D eigenvalue weighted by atomic mass is 16.8. The Labute approximate surface area is 426 Å². The van der Waals surface area contributed by atoms with Crippen LogP contribution in [0.5, 0.6) is 0 Å². The number of aliphatic hydroxyl groups excluding tert-OH is 12. The van der Waals surface area contributed by atoms with E-state index in [2.05, 4.69) is 54.5 Å². The normalized spacial score (nSPS) is 55.0. The predicted molar refractivity (Wildman–Crippen MR) is 251 cm³/mol. The zero-order chi connectivity index (χ0) is 53.1. The van der Waals surface area contributed by atoms with Crippen LogP contribution in [-0.4, -0.2) is 210 Å². The number of carbonyl (C=O) groups is 1. The molecule has 28 atom stereocenters. The first-order valence-corrected chi connectivity index (χ1v) is 26.8. The van der Waals surface area contributed by atoms with Gasteiger partial charge in [0.25, 0.3) is 0 Å². The highest BCUT2D eigenvalue weighted by Crippen LogP contribution is 2.76. The maximum absolute atomic E-state index is 14.8. The summed E-state index contributed by atoms with van der Waals surface area (Å²) in [5.74, 6) is 0.131. The van der Waals surface area contributed by atoms with Crippen molar-refractivity contribution in [3.63, 3.8) is 0 Å². The number of carbonyl (C=O) groups excluding carboxylic acids is 1. The molecule has 4 saturated heterocycles. The van der Waals surface area contributed by atoms with Gasteiger partial charge in [0, 0.05) is 0 Å². The Hall–Kier alpha value is -1.55. The fraction of sp³-hybridized carbons (Fsp3) is 0.942. The summed E-state index contributed by atoms with van der Waals surface area (Å²) in [7, 11) is 0. The van der Waals surface area contributed by atoms with E-state index in [0.29, 0.717) is 25.2 Å². The van der Waals surface area contributed by atoms with Crippen LogP contribution in [0, 0.1) is 56.7 Å². The molecule has 0 amide bonds. The zero-order valence-corrected chi connectivity index (χ0v) is 43.2. The molecule has 5 aliphatic carbocycles. The minimum Gasteiger partial charge on any atom is -0.432 e. The average molecular weight is 1050 g/mol. The van der Waals surface area contributed by atoms with Crippen molar-refractivity contribution >= 4 is 5.97 Å². The minimum absolute atomic E-state index is 0.114. The monoisotopic (exact) mass is 1040 g/mol. The topological polar surface area (TPSA) is 334 Å². The maximum atomic E-state index is 14.8. The Bertz CT molecular complexity index is 1990. The van der Waals surface area contributed by atoms with Gasteiger partial charge in [-0.3, -0.25) is 4.79 Å². The quantitative estimate of drug-likeness (QED) is 0.0717. The van der Waals surface area contributed by atoms with E-state index >= 15 is 0 Å². The molecule has 0 aromatic rings. The first kappa shape index (κ1) is 56.2. The molecule has 8 fully saturated rings. The molecule has 9 rings (SSSR count). The lowest BCUT2D eigenvalue weighted by Gasteiger charge is -2.71. The number of ether oxygens (including phenoxy) is 8. The molecule has 0 spiro atoms. The molecular formula is C52H84O21. The molecule has 9 aliphatic rings. The van der Waals surface area contributed by atoms with Gasteiger partial charge in [0.05, 0.1) is 37.9 Å². The predicted octanol–water partition coefficient (Wildman–Crippen LogP) is -0.901. The third kappa shape index (κ3) is 9.01. The number of aliphatic hydroxyl groups is 12. The van der Waals surface area contributed by atoms with Gasteiger partial charge in [0.2, 0.25) is 6.29 Å². The van der Waals surface area contributed by atoms with Crippen molar-refractivity contribution in [3.05, 3.63) is 11.6 Å². The van der Waals surface area contributed by atoms with E-state index in [-0.39, 0.29) is 46.5 Å². The van der Waals surface area contributed by atoms with Crippen molar-refractivity contribution in [2.45, 2.75) is 223 Å². The molecular weight excluding hydrogens is 961 g/mol. The molecule has 73 heavy (non-hydrogen) atoms. The molecule has 0 radical (unpaired) electrons. The summed E-state index contributed by atoms with van der Waals surface area (Å²) in [5.41, 5.74) is -0.808. The molecule has 4 heterocycles. The number of fused-ring (bicyclic) bond motifs is 7. The second-order valence-electron chi connectivity index (χ2n) is 24.8. The van der Waals surface area contributed by atoms with E-state index < -0.39 is 153 Å². The molecule has 0 aromatic carbocycles. The lowest BCUT2D eigenvalue weighted by Crippen LogP contribution is -2.67. The molecule has 12 N–H and O–H groups in total. The fourth-order valence-electron chi connectivity index (χ4n) is 16.2. The molecule has 4 saturated carbocycles. The Kier molecular flexibility index (Phi) is 15.8. The van der Waals surface area contributed by atoms with Crippen molar-refractivity contribution in [2.75, 3.05) is 26.4 Å². The first-order valence-electron chi connectivity index (χ1n) is 26.8. The maximum Gasteiger partial charge on any atom is 0.315 e. The Morgan fingerprint density at radius 3 is 1.85 bits per heavy atom. The third-order valence-electron chi connectivity index (χ3n) is 21.0. The van der Waals surface area contributed by atoms with Crippen molar-refractivity contribution in [2.24, 2.45) is 56.7 Å². The minimum atomic E-state index is -1.83. The molecule has 0 aromatic heterocycles. The number of esters is 1. The summed E-state index contributed by atoms with van der Waals surface area (Å²) >= 11 is 0. The van der Waals surface area contributed by atoms with Gasteiger partial charge in [0.1, 0.15) is 85.5 Å². The number of allylic oxidation sites excluding steroid dienone is 2.